The number of nitrogens with zero attached hydrogens (tertiary/aromatic N) is 9. The van der Waals surface area contributed by atoms with E-state index in [4.69, 9.17) is 11.6 Å². The van der Waals surface area contributed by atoms with E-state index in [1.54, 1.807) is 25.7 Å². The highest BCUT2D eigenvalue weighted by Crippen LogP contribution is 2.44. The van der Waals surface area contributed by atoms with Crippen LogP contribution < -0.4 is 16.0 Å². The van der Waals surface area contributed by atoms with Gasteiger partial charge in [-0.3, -0.25) is 57.5 Å². The molecule has 4 saturated heterocycles. The second-order valence-electron chi connectivity index (χ2n) is 31.7. The predicted molar refractivity (Wildman–Crippen MR) is 374 cm³/mol. The number of nitrogens with one attached hydrogen (secondary N) is 3. The fourth-order valence-electron chi connectivity index (χ4n) is 16.6. The number of alkyl halides is 4. The van der Waals surface area contributed by atoms with E-state index in [1.165, 1.54) is 88.4 Å². The molecule has 0 aromatic carbocycles. The van der Waals surface area contributed by atoms with Crippen molar-refractivity contribution in [2.75, 3.05) is 75.0 Å². The Morgan fingerprint density at radius 3 is 1.80 bits per heavy atom. The molecule has 0 bridgehead atoms. The standard InChI is InChI=1S/C73H118ClF3N12O12/c1-15-46(7)60-69(99)82(10)47(8)64(94)89-37-31-54(89)67(97)84(12)56(40-49-25-23-45(6)24-26-49)66(96)81(9)42-58(90)78-52(30-28-48-27-29-50(51(74)39-48)73(75,76)77)65(95)88-36-21-22-53(88)63(93)80-72(32-17-18-33-72)71(101)86(14)61(44(4)5)70(100)85(13)57(68(98)87-34-19-16-20-35-87)41-59(91)83(11)55(38-43(2)3)62(92)79-60/h43-57,60-61H,15-42H2,1-14H3,(H,78,90)(H,79,92)(H,80,93)/t45?,46-,47-,48?,49?,50?,51?,52-,53-,54-,55-,56-,57-,60-,61-/m0/s1. The molecule has 4 aliphatic heterocycles. The number of hydrogen-bond acceptors (Lipinski definition) is 12. The first-order valence-corrected chi connectivity index (χ1v) is 38.0. The number of fused-ring (bicyclic) bond motifs is 2. The molecular formula is C73H118ClF3N12O12. The highest BCUT2D eigenvalue weighted by molar-refractivity contribution is 6.21. The van der Waals surface area contributed by atoms with Gasteiger partial charge in [-0.2, -0.15) is 13.2 Å². The lowest BCUT2D eigenvalue weighted by atomic mass is 9.78. The van der Waals surface area contributed by atoms with Gasteiger partial charge in [0.2, 0.25) is 70.9 Å². The van der Waals surface area contributed by atoms with Gasteiger partial charge in [-0.25, -0.2) is 0 Å². The molecule has 3 N–H and O–H groups in total. The van der Waals surface area contributed by atoms with Gasteiger partial charge in [-0.1, -0.05) is 93.4 Å². The third kappa shape index (κ3) is 19.6. The minimum atomic E-state index is -4.51. The lowest BCUT2D eigenvalue weighted by Crippen LogP contribution is -2.65. The van der Waals surface area contributed by atoms with Crippen LogP contribution in [-0.2, 0) is 57.5 Å². The zero-order valence-electron chi connectivity index (χ0n) is 62.5. The van der Waals surface area contributed by atoms with Gasteiger partial charge in [0.25, 0.3) is 0 Å². The molecule has 570 valence electrons. The minimum absolute atomic E-state index is 0.0000350. The van der Waals surface area contributed by atoms with Crippen molar-refractivity contribution in [3.8, 4) is 0 Å². The number of carbonyl (C=O) groups excluding carboxylic acids is 12. The molecule has 3 aliphatic carbocycles. The first-order valence-electron chi connectivity index (χ1n) is 37.5. The molecule has 28 heteroatoms. The summed E-state index contributed by atoms with van der Waals surface area (Å²) < 4.78 is 42.1. The second kappa shape index (κ2) is 35.5. The summed E-state index contributed by atoms with van der Waals surface area (Å²) >= 11 is 6.41. The Morgan fingerprint density at radius 1 is 0.604 bits per heavy atom. The van der Waals surface area contributed by atoms with E-state index in [0.717, 1.165) is 32.1 Å². The molecule has 13 atom stereocenters. The van der Waals surface area contributed by atoms with Gasteiger partial charge < -0.3 is 60.0 Å². The van der Waals surface area contributed by atoms with Crippen molar-refractivity contribution in [3.05, 3.63) is 0 Å². The maximum Gasteiger partial charge on any atom is 0.393 e. The van der Waals surface area contributed by atoms with Gasteiger partial charge >= 0.3 is 6.18 Å². The largest absolute Gasteiger partial charge is 0.393 e. The van der Waals surface area contributed by atoms with E-state index < -0.39 is 173 Å². The Morgan fingerprint density at radius 2 is 1.23 bits per heavy atom. The van der Waals surface area contributed by atoms with Crippen LogP contribution in [0.3, 0.4) is 0 Å². The topological polar surface area (TPSA) is 270 Å². The van der Waals surface area contributed by atoms with Crippen LogP contribution in [0, 0.1) is 41.4 Å². The zero-order valence-corrected chi connectivity index (χ0v) is 63.3. The normalized spacial score (nSPS) is 32.1. The highest BCUT2D eigenvalue weighted by Gasteiger charge is 2.52. The SMILES string of the molecule is CC[C@H](C)[C@@H]1NC(=O)[C@H](CC(C)C)N(C)C(=O)C[C@@H](C(=O)N2CCCCC2)N(C)C(=O)[C@H](C(C)C)N(C)C(=O)C2(CCCC2)NC(=O)[C@@H]2CCCN2C(=O)[C@H](CCC2CCC(C(F)(F)F)C(Cl)C2)NC(=O)CN(C)C(=O)[C@H](CC2CCC(C)CC2)N(C)C(=O)[C@@H]2CCN2C(=O)[C@H](C)N(C)C1=O. The number of carbonyl (C=O) groups is 12. The van der Waals surface area contributed by atoms with Gasteiger partial charge in [0.15, 0.2) is 0 Å². The van der Waals surface area contributed by atoms with Crippen molar-refractivity contribution >= 4 is 82.5 Å². The molecule has 3 saturated carbocycles. The Kier molecular flexibility index (Phi) is 28.8. The molecule has 24 nitrogen and oxygen atoms in total. The smallest absolute Gasteiger partial charge is 0.343 e. The summed E-state index contributed by atoms with van der Waals surface area (Å²) in [6, 6.07) is -10.8. The van der Waals surface area contributed by atoms with Crippen LogP contribution in [-0.4, -0.2) is 261 Å². The highest BCUT2D eigenvalue weighted by atomic mass is 35.5. The van der Waals surface area contributed by atoms with Crippen LogP contribution in [0.15, 0.2) is 0 Å². The van der Waals surface area contributed by atoms with E-state index in [-0.39, 0.29) is 101 Å². The third-order valence-corrected chi connectivity index (χ3v) is 24.2. The van der Waals surface area contributed by atoms with Gasteiger partial charge in [0.05, 0.1) is 18.9 Å². The average Bonchev–Trinajstić information content (AvgIpc) is 1.39. The van der Waals surface area contributed by atoms with E-state index in [1.807, 2.05) is 20.8 Å². The van der Waals surface area contributed by atoms with Gasteiger partial charge in [0.1, 0.15) is 59.9 Å². The number of piperidine rings is 1. The first kappa shape index (κ1) is 82.0. The number of rotatable bonds is 11. The first-order chi connectivity index (χ1) is 47.4. The molecule has 1 spiro atoms. The van der Waals surface area contributed by atoms with Crippen LogP contribution in [0.5, 0.6) is 0 Å². The summed E-state index contributed by atoms with van der Waals surface area (Å²) in [4.78, 5) is 192. The summed E-state index contributed by atoms with van der Waals surface area (Å²) in [5, 5.41) is 7.62. The Balaban J connectivity index is 1.28. The number of amides is 12. The average molecular weight is 1450 g/mol. The molecule has 7 fully saturated rings. The summed E-state index contributed by atoms with van der Waals surface area (Å²) in [6.07, 6.45) is 3.50. The fourth-order valence-corrected chi connectivity index (χ4v) is 17.1. The molecule has 101 heavy (non-hydrogen) atoms. The zero-order chi connectivity index (χ0) is 74.9. The van der Waals surface area contributed by atoms with Crippen molar-refractivity contribution < 1.29 is 70.7 Å². The summed E-state index contributed by atoms with van der Waals surface area (Å²) in [5.74, 6) is -10.3. The van der Waals surface area contributed by atoms with E-state index >= 15 is 28.8 Å². The lowest BCUT2D eigenvalue weighted by Gasteiger charge is -2.45. The molecule has 0 aromatic rings. The van der Waals surface area contributed by atoms with Crippen molar-refractivity contribution in [2.24, 2.45) is 41.4 Å². The Labute approximate surface area is 601 Å². The van der Waals surface area contributed by atoms with E-state index in [2.05, 4.69) is 22.9 Å². The Hall–Kier alpha value is -6.28. The van der Waals surface area contributed by atoms with E-state index in [9.17, 15) is 41.9 Å². The minimum Gasteiger partial charge on any atom is -0.343 e. The predicted octanol–water partition coefficient (Wildman–Crippen LogP) is 6.34. The molecule has 12 amide bonds. The van der Waals surface area contributed by atoms with Gasteiger partial charge in [-0.15, -0.1) is 11.6 Å². The van der Waals surface area contributed by atoms with Crippen LogP contribution >= 0.6 is 11.6 Å². The van der Waals surface area contributed by atoms with Crippen molar-refractivity contribution in [1.29, 1.82) is 0 Å². The second-order valence-corrected chi connectivity index (χ2v) is 32.2. The Bertz CT molecular complexity index is 2980. The van der Waals surface area contributed by atoms with Crippen molar-refractivity contribution in [2.45, 2.75) is 275 Å². The third-order valence-electron chi connectivity index (χ3n) is 23.7. The quantitative estimate of drug-likeness (QED) is 0.191. The van der Waals surface area contributed by atoms with E-state index in [0.29, 0.717) is 57.5 Å². The number of halogens is 4. The summed E-state index contributed by atoms with van der Waals surface area (Å²) in [7, 11) is 8.68. The van der Waals surface area contributed by atoms with Crippen molar-refractivity contribution in [1.82, 2.24) is 60.0 Å². The van der Waals surface area contributed by atoms with Crippen LogP contribution in [0.4, 0.5) is 13.2 Å². The molecule has 0 aromatic heterocycles. The molecule has 3 unspecified atom stereocenters. The number of hydrogen-bond donors (Lipinski definition) is 3. The van der Waals surface area contributed by atoms with Crippen LogP contribution in [0.25, 0.3) is 0 Å². The van der Waals surface area contributed by atoms with Crippen LogP contribution in [0.1, 0.15) is 203 Å². The van der Waals surface area contributed by atoms with Gasteiger partial charge in [-0.05, 0) is 139 Å². The lowest BCUT2D eigenvalue weighted by molar-refractivity contribution is -0.182. The molecule has 0 radical (unpaired) electrons. The molecule has 7 aliphatic rings. The van der Waals surface area contributed by atoms with Crippen molar-refractivity contribution in [3.63, 3.8) is 0 Å². The molecule has 7 rings (SSSR count). The van der Waals surface area contributed by atoms with Crippen LogP contribution in [0.2, 0.25) is 0 Å². The maximum absolute atomic E-state index is 15.5. The fraction of sp³-hybridized carbons (Fsp3) is 0.836. The monoisotopic (exact) mass is 1450 g/mol. The molecular weight excluding hydrogens is 1330 g/mol. The number of likely N-dealkylation sites (tertiary alicyclic amines) is 1. The number of likely N-dealkylation sites (N-methyl/N-ethyl adjacent to an activating group) is 6. The maximum atomic E-state index is 15.5. The summed E-state index contributed by atoms with van der Waals surface area (Å²) in [6.45, 7) is 14.9. The van der Waals surface area contributed by atoms with Gasteiger partial charge in [0, 0.05) is 73.8 Å². The summed E-state index contributed by atoms with van der Waals surface area (Å²) in [5.41, 5.74) is -1.56. The molecule has 4 heterocycles.